The predicted octanol–water partition coefficient (Wildman–Crippen LogP) is 5.52. The van der Waals surface area contributed by atoms with E-state index in [-0.39, 0.29) is 42.3 Å². The number of benzene rings is 3. The molecule has 4 atom stereocenters. The molecular weight excluding hydrogens is 684 g/mol. The van der Waals surface area contributed by atoms with Crippen molar-refractivity contribution in [2.45, 2.75) is 82.5 Å². The summed E-state index contributed by atoms with van der Waals surface area (Å²) in [5.74, 6) is -0.366. The van der Waals surface area contributed by atoms with E-state index in [4.69, 9.17) is 33.2 Å². The SMILES string of the molecule is COc1cc([C@@H]2c3cc4c(cc3CC3COC(=O)[C@@H]32)OCO4)cc(OC)c1OC(=O)[C@H](Cc1ccccc1)NC(=O)OC1CC(C)(C)N([O])C(C)(C)C1. The number of cyclic esters (lactones) is 1. The van der Waals surface area contributed by atoms with E-state index in [2.05, 4.69) is 5.32 Å². The average Bonchev–Trinajstić information content (AvgIpc) is 3.74. The first kappa shape index (κ1) is 36.4. The van der Waals surface area contributed by atoms with Crippen LogP contribution in [0, 0.1) is 11.8 Å². The van der Waals surface area contributed by atoms with Crippen LogP contribution in [0.2, 0.25) is 0 Å². The number of nitrogens with zero attached hydrogens (tertiary/aromatic N) is 1. The molecule has 3 heterocycles. The standard InChI is InChI=1S/C40H45N2O11/c1-39(2)18-26(19-40(3,4)42(39)46)52-38(45)41-28(12-22-10-8-7-9-11-22)36(43)53-35-31(47-5)15-24(16-32(35)48-6)33-27-17-30-29(50-21-51-30)14-23(27)13-25-20-49-37(44)34(25)33/h7-11,14-17,25-26,28,33-34H,12-13,18-21H2,1-6H3,(H,41,45)/t25?,28-,33+,34-/m0/s1. The zero-order valence-corrected chi connectivity index (χ0v) is 30.8. The summed E-state index contributed by atoms with van der Waals surface area (Å²) >= 11 is 0. The summed E-state index contributed by atoms with van der Waals surface area (Å²) in [5.41, 5.74) is 1.90. The predicted molar refractivity (Wildman–Crippen MR) is 188 cm³/mol. The number of hydrogen-bond donors (Lipinski definition) is 1. The number of alkyl carbamates (subject to hydrolysis) is 1. The van der Waals surface area contributed by atoms with Crippen LogP contribution >= 0.6 is 0 Å². The van der Waals surface area contributed by atoms with E-state index in [1.165, 1.54) is 14.2 Å². The van der Waals surface area contributed by atoms with Gasteiger partial charge in [0.05, 0.1) is 26.7 Å². The molecule has 1 aliphatic carbocycles. The van der Waals surface area contributed by atoms with Gasteiger partial charge in [0.2, 0.25) is 12.5 Å². The first-order valence-electron chi connectivity index (χ1n) is 17.8. The highest BCUT2D eigenvalue weighted by atomic mass is 16.7. The number of piperidine rings is 1. The fraction of sp³-hybridized carbons (Fsp3) is 0.475. The third-order valence-corrected chi connectivity index (χ3v) is 10.8. The summed E-state index contributed by atoms with van der Waals surface area (Å²) in [6, 6.07) is 15.4. The molecule has 3 aromatic carbocycles. The summed E-state index contributed by atoms with van der Waals surface area (Å²) in [5, 5.41) is 16.6. The Morgan fingerprint density at radius 1 is 0.925 bits per heavy atom. The van der Waals surface area contributed by atoms with Crippen molar-refractivity contribution in [3.63, 3.8) is 0 Å². The molecule has 2 fully saturated rings. The zero-order chi connectivity index (χ0) is 37.7. The number of hydrogen-bond acceptors (Lipinski definition) is 11. The van der Waals surface area contributed by atoms with Gasteiger partial charge in [-0.2, -0.15) is 0 Å². The van der Waals surface area contributed by atoms with E-state index in [1.54, 1.807) is 12.1 Å². The molecule has 4 aliphatic rings. The van der Waals surface area contributed by atoms with Crippen LogP contribution in [0.3, 0.4) is 0 Å². The van der Waals surface area contributed by atoms with Gasteiger partial charge in [0.25, 0.3) is 0 Å². The van der Waals surface area contributed by atoms with E-state index >= 15 is 0 Å². The van der Waals surface area contributed by atoms with Crippen LogP contribution in [0.5, 0.6) is 28.7 Å². The zero-order valence-electron chi connectivity index (χ0n) is 30.8. The van der Waals surface area contributed by atoms with Crippen molar-refractivity contribution in [1.82, 2.24) is 10.4 Å². The van der Waals surface area contributed by atoms with Gasteiger partial charge in [0.1, 0.15) is 12.1 Å². The number of esters is 2. The summed E-state index contributed by atoms with van der Waals surface area (Å²) < 4.78 is 40.3. The minimum atomic E-state index is -1.16. The normalized spacial score (nSPS) is 23.2. The fourth-order valence-corrected chi connectivity index (χ4v) is 8.48. The maximum absolute atomic E-state index is 14.0. The first-order valence-corrected chi connectivity index (χ1v) is 17.8. The van der Waals surface area contributed by atoms with Crippen molar-refractivity contribution in [3.8, 4) is 28.7 Å². The molecule has 53 heavy (non-hydrogen) atoms. The average molecular weight is 730 g/mol. The Morgan fingerprint density at radius 3 is 2.21 bits per heavy atom. The molecular formula is C40H45N2O11. The molecule has 0 aromatic heterocycles. The van der Waals surface area contributed by atoms with Crippen molar-refractivity contribution in [3.05, 3.63) is 76.9 Å². The number of amides is 1. The molecule has 281 valence electrons. The van der Waals surface area contributed by atoms with E-state index in [9.17, 15) is 19.6 Å². The summed E-state index contributed by atoms with van der Waals surface area (Å²) in [7, 11) is 2.89. The highest BCUT2D eigenvalue weighted by molar-refractivity contribution is 5.84. The van der Waals surface area contributed by atoms with Gasteiger partial charge in [0.15, 0.2) is 23.0 Å². The van der Waals surface area contributed by atoms with Gasteiger partial charge in [-0.25, -0.2) is 9.59 Å². The van der Waals surface area contributed by atoms with Crippen molar-refractivity contribution < 1.29 is 52.7 Å². The molecule has 7 rings (SSSR count). The van der Waals surface area contributed by atoms with Crippen LogP contribution in [0.25, 0.3) is 0 Å². The third kappa shape index (κ3) is 7.07. The van der Waals surface area contributed by atoms with E-state index in [1.807, 2.05) is 70.2 Å². The molecule has 1 unspecified atom stereocenters. The van der Waals surface area contributed by atoms with Gasteiger partial charge in [0, 0.05) is 42.2 Å². The molecule has 0 saturated carbocycles. The molecule has 13 heteroatoms. The lowest BCUT2D eigenvalue weighted by Crippen LogP contribution is -2.60. The molecule has 3 aliphatic heterocycles. The maximum Gasteiger partial charge on any atom is 0.408 e. The van der Waals surface area contributed by atoms with Gasteiger partial charge in [-0.1, -0.05) is 30.3 Å². The number of methoxy groups -OCH3 is 2. The lowest BCUT2D eigenvalue weighted by molar-refractivity contribution is -0.298. The quantitative estimate of drug-likeness (QED) is 0.219. The van der Waals surface area contributed by atoms with E-state index < -0.39 is 47.1 Å². The largest absolute Gasteiger partial charge is 0.493 e. The lowest BCUT2D eigenvalue weighted by atomic mass is 9.67. The molecule has 0 spiro atoms. The second kappa shape index (κ2) is 14.1. The van der Waals surface area contributed by atoms with Crippen molar-refractivity contribution in [2.75, 3.05) is 27.6 Å². The minimum absolute atomic E-state index is 0.00978. The number of carbonyl (C=O) groups excluding carboxylic acids is 3. The molecule has 1 radical (unpaired) electrons. The van der Waals surface area contributed by atoms with Crippen LogP contribution in [0.15, 0.2) is 54.6 Å². The Bertz CT molecular complexity index is 1850. The number of fused-ring (bicyclic) bond motifs is 3. The second-order valence-electron chi connectivity index (χ2n) is 15.4. The van der Waals surface area contributed by atoms with E-state index in [0.717, 1.165) is 21.8 Å². The summed E-state index contributed by atoms with van der Waals surface area (Å²) in [4.78, 5) is 40.6. The van der Waals surface area contributed by atoms with Crippen LogP contribution in [0.4, 0.5) is 4.79 Å². The topological polar surface area (TPSA) is 151 Å². The van der Waals surface area contributed by atoms with Crippen LogP contribution in [0.1, 0.15) is 68.7 Å². The van der Waals surface area contributed by atoms with Gasteiger partial charge in [-0.15, -0.1) is 10.3 Å². The van der Waals surface area contributed by atoms with Crippen molar-refractivity contribution >= 4 is 18.0 Å². The van der Waals surface area contributed by atoms with E-state index in [0.29, 0.717) is 42.9 Å². The molecule has 0 bridgehead atoms. The highest BCUT2D eigenvalue weighted by Gasteiger charge is 2.49. The smallest absolute Gasteiger partial charge is 0.408 e. The Hall–Kier alpha value is -5.01. The van der Waals surface area contributed by atoms with Crippen molar-refractivity contribution in [2.24, 2.45) is 11.8 Å². The number of carbonyl (C=O) groups is 3. The summed E-state index contributed by atoms with van der Waals surface area (Å²) in [6.45, 7) is 7.69. The number of nitrogens with one attached hydrogen (secondary N) is 1. The van der Waals surface area contributed by atoms with Gasteiger partial charge in [-0.05, 0) is 80.6 Å². The monoisotopic (exact) mass is 729 g/mol. The second-order valence-corrected chi connectivity index (χ2v) is 15.4. The minimum Gasteiger partial charge on any atom is -0.493 e. The molecule has 1 amide bonds. The number of hydroxylamine groups is 2. The van der Waals surface area contributed by atoms with Crippen molar-refractivity contribution in [1.29, 1.82) is 0 Å². The van der Waals surface area contributed by atoms with Crippen LogP contribution in [-0.2, 0) is 37.1 Å². The van der Waals surface area contributed by atoms with Crippen LogP contribution in [-0.4, -0.2) is 73.9 Å². The van der Waals surface area contributed by atoms with Gasteiger partial charge < -0.3 is 38.5 Å². The third-order valence-electron chi connectivity index (χ3n) is 10.8. The summed E-state index contributed by atoms with van der Waals surface area (Å²) in [6.07, 6.45) is 0.0599. The molecule has 2 saturated heterocycles. The Kier molecular flexibility index (Phi) is 9.66. The number of rotatable bonds is 9. The van der Waals surface area contributed by atoms with Gasteiger partial charge in [-0.3, -0.25) is 4.79 Å². The Balaban J connectivity index is 1.17. The Morgan fingerprint density at radius 2 is 1.57 bits per heavy atom. The van der Waals surface area contributed by atoms with Crippen LogP contribution < -0.4 is 29.0 Å². The molecule has 3 aromatic rings. The molecule has 13 nitrogen and oxygen atoms in total. The maximum atomic E-state index is 14.0. The molecule has 1 N–H and O–H groups in total. The fourth-order valence-electron chi connectivity index (χ4n) is 8.48. The first-order chi connectivity index (χ1) is 25.3. The highest BCUT2D eigenvalue weighted by Crippen LogP contribution is 2.52. The Labute approximate surface area is 308 Å². The van der Waals surface area contributed by atoms with Gasteiger partial charge >= 0.3 is 18.0 Å². The number of ether oxygens (including phenoxy) is 7. The lowest BCUT2D eigenvalue weighted by Gasteiger charge is -2.49.